The van der Waals surface area contributed by atoms with Gasteiger partial charge in [0, 0.05) is 27.5 Å². The second kappa shape index (κ2) is 11.9. The number of hydrogen-bond donors (Lipinski definition) is 4. The zero-order chi connectivity index (χ0) is 36.4. The van der Waals surface area contributed by atoms with Gasteiger partial charge in [-0.1, -0.05) is 71.7 Å². The Balaban J connectivity index is 0.00000400. The van der Waals surface area contributed by atoms with Crippen molar-refractivity contribution >= 4 is 87.6 Å². The molecular weight excluding hydrogens is 818 g/mol. The average Bonchev–Trinajstić information content (AvgIpc) is 3.82. The van der Waals surface area contributed by atoms with Crippen LogP contribution in [0.15, 0.2) is 70.5 Å². The van der Waals surface area contributed by atoms with Gasteiger partial charge in [0.25, 0.3) is 0 Å². The van der Waals surface area contributed by atoms with E-state index in [1.807, 2.05) is 24.3 Å². The Morgan fingerprint density at radius 2 is 1.02 bits per heavy atom. The smallest absolute Gasteiger partial charge is 0.744 e. The summed E-state index contributed by atoms with van der Waals surface area (Å²) in [5.74, 6) is -3.05. The third kappa shape index (κ3) is 5.23. The summed E-state index contributed by atoms with van der Waals surface area (Å²) < 4.78 is 75.5. The van der Waals surface area contributed by atoms with E-state index in [9.17, 15) is 36.2 Å². The number of phenols is 2. The Bertz CT molecular complexity index is 3210. The minimum absolute atomic E-state index is 0. The monoisotopic (exact) mass is 831 g/mol. The van der Waals surface area contributed by atoms with Crippen LogP contribution in [0, 0.1) is 0 Å². The van der Waals surface area contributed by atoms with E-state index >= 15 is 0 Å². The molecule has 4 N–H and O–H groups in total. The van der Waals surface area contributed by atoms with Crippen molar-refractivity contribution in [1.82, 2.24) is 39.9 Å². The number of nitrogens with one attached hydrogen (secondary N) is 2. The topological polar surface area (TPSA) is 264 Å². The van der Waals surface area contributed by atoms with Crippen LogP contribution >= 0.6 is 23.2 Å². The van der Waals surface area contributed by atoms with Crippen molar-refractivity contribution in [2.75, 3.05) is 0 Å². The van der Waals surface area contributed by atoms with Gasteiger partial charge in [-0.05, 0) is 12.1 Å². The molecular formula is C32H14Cl2CoN8O8S2. The second-order valence-corrected chi connectivity index (χ2v) is 14.9. The predicted molar refractivity (Wildman–Crippen MR) is 185 cm³/mol. The molecule has 53 heavy (non-hydrogen) atoms. The van der Waals surface area contributed by atoms with Crippen LogP contribution in [0.25, 0.3) is 89.7 Å². The molecule has 0 amide bonds. The Kier molecular flexibility index (Phi) is 7.80. The van der Waals surface area contributed by atoms with Crippen molar-refractivity contribution in [3.8, 4) is 57.1 Å². The standard InChI is InChI=1S/C32H16Cl2N8O8S2.Co/c33-16-10-9-15-17(20(16)34)30-40-29(15)38-27-12-6-2-1-5-11(12)25(36-27)35-26-13-7-3-4-8-14(13)28(37-26)39-32-19-18(31(41-30)42-32)21(43)22(44)24(52(48,49)50)23(19)51(45,46)47;/h1-10,43-44H,(H,45,46,47)(H,48,49,50)(H2,35,36,37,38,39,40,41,42);/q;+2/p-2. The molecule has 1 radical (unpaired) electrons. The molecule has 4 aromatic carbocycles. The van der Waals surface area contributed by atoms with Crippen LogP contribution in [0.4, 0.5) is 0 Å². The van der Waals surface area contributed by atoms with Gasteiger partial charge in [0.1, 0.15) is 47.7 Å². The molecule has 8 bridgehead atoms. The van der Waals surface area contributed by atoms with Crippen LogP contribution in [-0.4, -0.2) is 76.0 Å². The van der Waals surface area contributed by atoms with E-state index in [1.54, 1.807) is 30.3 Å². The van der Waals surface area contributed by atoms with Crippen molar-refractivity contribution < 1.29 is 52.9 Å². The predicted octanol–water partition coefficient (Wildman–Crippen LogP) is 5.39. The molecule has 7 aromatic rings. The van der Waals surface area contributed by atoms with E-state index in [4.69, 9.17) is 33.2 Å². The van der Waals surface area contributed by atoms with Gasteiger partial charge in [-0.3, -0.25) is 0 Å². The molecule has 0 fully saturated rings. The summed E-state index contributed by atoms with van der Waals surface area (Å²) in [6.07, 6.45) is 0. The molecule has 2 aliphatic rings. The van der Waals surface area contributed by atoms with Gasteiger partial charge < -0.3 is 29.3 Å². The van der Waals surface area contributed by atoms with Crippen molar-refractivity contribution in [2.45, 2.75) is 9.79 Å². The number of halogens is 2. The normalized spacial score (nSPS) is 12.5. The number of aromatic amines is 2. The Labute approximate surface area is 316 Å². The summed E-state index contributed by atoms with van der Waals surface area (Å²) in [5, 5.41) is 21.9. The number of aromatic nitrogens is 8. The molecule has 0 saturated heterocycles. The fourth-order valence-corrected chi connectivity index (χ4v) is 8.81. The molecule has 16 nitrogen and oxygen atoms in total. The summed E-state index contributed by atoms with van der Waals surface area (Å²) >= 11 is 13.0. The maximum absolute atomic E-state index is 12.8. The third-order valence-electron chi connectivity index (χ3n) is 8.51. The molecule has 5 heterocycles. The van der Waals surface area contributed by atoms with E-state index in [-0.39, 0.29) is 55.7 Å². The molecule has 0 atom stereocenters. The van der Waals surface area contributed by atoms with Crippen LogP contribution < -0.4 is 0 Å². The third-order valence-corrected chi connectivity index (χ3v) is 11.2. The summed E-state index contributed by atoms with van der Waals surface area (Å²) in [6.45, 7) is 0. The fraction of sp³-hybridized carbons (Fsp3) is 0. The van der Waals surface area contributed by atoms with Crippen molar-refractivity contribution in [3.63, 3.8) is 0 Å². The van der Waals surface area contributed by atoms with Gasteiger partial charge in [0.2, 0.25) is 0 Å². The minimum Gasteiger partial charge on any atom is -0.744 e. The van der Waals surface area contributed by atoms with Gasteiger partial charge in [0.15, 0.2) is 34.8 Å². The van der Waals surface area contributed by atoms with Crippen LogP contribution in [-0.2, 0) is 37.0 Å². The molecule has 0 unspecified atom stereocenters. The number of rotatable bonds is 2. The first-order valence-electron chi connectivity index (χ1n) is 14.7. The van der Waals surface area contributed by atoms with Gasteiger partial charge in [-0.25, -0.2) is 46.7 Å². The van der Waals surface area contributed by atoms with Crippen molar-refractivity contribution in [2.24, 2.45) is 0 Å². The first-order chi connectivity index (χ1) is 24.7. The first kappa shape index (κ1) is 34.8. The van der Waals surface area contributed by atoms with E-state index in [1.165, 1.54) is 6.07 Å². The van der Waals surface area contributed by atoms with E-state index < -0.39 is 63.6 Å². The quantitative estimate of drug-likeness (QED) is 0.126. The Morgan fingerprint density at radius 1 is 0.547 bits per heavy atom. The zero-order valence-electron chi connectivity index (χ0n) is 25.7. The summed E-state index contributed by atoms with van der Waals surface area (Å²) in [7, 11) is -11.8. The molecule has 0 aliphatic carbocycles. The van der Waals surface area contributed by atoms with Crippen molar-refractivity contribution in [1.29, 1.82) is 0 Å². The fourth-order valence-electron chi connectivity index (χ4n) is 6.36. The number of fused-ring (bicyclic) bond motifs is 20. The number of hydrogen-bond acceptors (Lipinski definition) is 14. The second-order valence-electron chi connectivity index (χ2n) is 11.5. The van der Waals surface area contributed by atoms with E-state index in [0.717, 1.165) is 0 Å². The number of aromatic hydroxyl groups is 2. The number of nitrogens with zero attached hydrogens (tertiary/aromatic N) is 6. The first-order valence-corrected chi connectivity index (χ1v) is 18.3. The van der Waals surface area contributed by atoms with Crippen LogP contribution in [0.5, 0.6) is 11.5 Å². The molecule has 0 spiro atoms. The number of phenolic OH excluding ortho intramolecular Hbond substituents is 2. The molecule has 265 valence electrons. The summed E-state index contributed by atoms with van der Waals surface area (Å²) in [5.41, 5.74) is 1.04. The van der Waals surface area contributed by atoms with Gasteiger partial charge in [-0.2, -0.15) is 0 Å². The summed E-state index contributed by atoms with van der Waals surface area (Å²) in [6, 6.07) is 17.1. The number of H-pyrrole nitrogens is 2. The summed E-state index contributed by atoms with van der Waals surface area (Å²) in [4.78, 5) is 30.1. The largest absolute Gasteiger partial charge is 2.00 e. The van der Waals surface area contributed by atoms with Gasteiger partial charge in [0.05, 0.1) is 31.3 Å². The molecule has 0 saturated carbocycles. The van der Waals surface area contributed by atoms with Gasteiger partial charge >= 0.3 is 16.8 Å². The van der Waals surface area contributed by atoms with E-state index in [0.29, 0.717) is 38.8 Å². The molecule has 9 rings (SSSR count). The van der Waals surface area contributed by atoms with Crippen molar-refractivity contribution in [3.05, 3.63) is 70.7 Å². The maximum atomic E-state index is 12.8. The Morgan fingerprint density at radius 3 is 1.60 bits per heavy atom. The maximum Gasteiger partial charge on any atom is 2.00 e. The van der Waals surface area contributed by atoms with E-state index in [2.05, 4.69) is 29.9 Å². The number of benzene rings is 4. The molecule has 2 aliphatic heterocycles. The van der Waals surface area contributed by atoms with Crippen LogP contribution in [0.2, 0.25) is 10.0 Å². The Hall–Kier alpha value is -5.25. The zero-order valence-corrected chi connectivity index (χ0v) is 29.9. The van der Waals surface area contributed by atoms with Crippen LogP contribution in [0.1, 0.15) is 0 Å². The molecule has 3 aromatic heterocycles. The minimum atomic E-state index is -5.92. The van der Waals surface area contributed by atoms with Gasteiger partial charge in [-0.15, -0.1) is 0 Å². The molecule has 21 heteroatoms. The average molecular weight is 832 g/mol. The SMILES string of the molecule is O=S(=O)([O-])c1c(O)c(O)c2c3nc4nc(nc5[nH]c(nc6nc(nc([nH]3)c2c1S(=O)(=O)[O-])-c1ccccc1-6)c1ccccc51)-c1ccc(Cl)c(Cl)c1-4.[Co+2]. The van der Waals surface area contributed by atoms with Crippen LogP contribution in [0.3, 0.4) is 0 Å².